The standard InChI is InChI=1S/C26H39N9O7S/c1-13(2)7-16-23(38)35(24(39)25(42-16)34-12-31-20-21(27)29-11-30-22(20)34)41-9-14(36)8-28-18(37)6-4-3-5-17-19-15(10-43-17)32-26(40)33-19/h11-13,15-17,19,23-25,38-39H,3-10H2,1-2H3,(H,28,37)(H2,27,29,30)(H2,32,33,40)/t15-,16+,17?,19-,23?,24?,25?/m0/s1. The highest BCUT2D eigenvalue weighted by atomic mass is 32.2. The number of carbonyl (C=O) groups excluding carboxylic acids is 3. The third kappa shape index (κ3) is 7.18. The van der Waals surface area contributed by atoms with Gasteiger partial charge in [0.2, 0.25) is 5.91 Å². The first-order valence-electron chi connectivity index (χ1n) is 14.4. The van der Waals surface area contributed by atoms with Gasteiger partial charge in [0.1, 0.15) is 24.6 Å². The molecule has 3 amide bonds. The lowest BCUT2D eigenvalue weighted by molar-refractivity contribution is -0.386. The molecule has 5 rings (SSSR count). The van der Waals surface area contributed by atoms with Crippen LogP contribution in [-0.4, -0.2) is 107 Å². The molecule has 5 heterocycles. The van der Waals surface area contributed by atoms with E-state index in [0.717, 1.165) is 23.7 Å². The quantitative estimate of drug-likeness (QED) is 0.124. The van der Waals surface area contributed by atoms with Gasteiger partial charge < -0.3 is 36.6 Å². The number of anilines is 1. The molecule has 236 valence electrons. The minimum Gasteiger partial charge on any atom is -0.382 e. The number of hydroxylamine groups is 2. The van der Waals surface area contributed by atoms with Crippen molar-refractivity contribution in [3.05, 3.63) is 12.7 Å². The Balaban J connectivity index is 1.09. The number of aromatic nitrogens is 4. The van der Waals surface area contributed by atoms with Gasteiger partial charge in [-0.25, -0.2) is 19.7 Å². The lowest BCUT2D eigenvalue weighted by Gasteiger charge is -2.44. The number of hydrogen-bond acceptors (Lipinski definition) is 13. The van der Waals surface area contributed by atoms with Crippen LogP contribution in [0.25, 0.3) is 11.2 Å². The summed E-state index contributed by atoms with van der Waals surface area (Å²) < 4.78 is 7.54. The molecule has 0 saturated carbocycles. The van der Waals surface area contributed by atoms with E-state index in [1.165, 1.54) is 17.2 Å². The Morgan fingerprint density at radius 1 is 1.23 bits per heavy atom. The highest BCUT2D eigenvalue weighted by molar-refractivity contribution is 8.00. The number of nitrogen functional groups attached to an aromatic ring is 1. The van der Waals surface area contributed by atoms with Crippen LogP contribution in [0.1, 0.15) is 52.2 Å². The molecule has 0 aromatic carbocycles. The summed E-state index contributed by atoms with van der Waals surface area (Å²) in [6.45, 7) is 3.18. The van der Waals surface area contributed by atoms with Gasteiger partial charge in [0.05, 0.1) is 25.0 Å². The molecule has 3 aliphatic rings. The van der Waals surface area contributed by atoms with E-state index >= 15 is 0 Å². The van der Waals surface area contributed by atoms with E-state index < -0.39 is 37.2 Å². The monoisotopic (exact) mass is 621 g/mol. The van der Waals surface area contributed by atoms with Crippen LogP contribution in [0.15, 0.2) is 12.7 Å². The van der Waals surface area contributed by atoms with Crippen LogP contribution in [0.4, 0.5) is 10.6 Å². The molecule has 17 heteroatoms. The van der Waals surface area contributed by atoms with Gasteiger partial charge in [0, 0.05) is 17.4 Å². The maximum absolute atomic E-state index is 12.6. The molecule has 0 spiro atoms. The number of carbonyl (C=O) groups is 3. The number of morpholine rings is 1. The Labute approximate surface area is 252 Å². The highest BCUT2D eigenvalue weighted by Gasteiger charge is 2.45. The summed E-state index contributed by atoms with van der Waals surface area (Å²) in [7, 11) is 0. The summed E-state index contributed by atoms with van der Waals surface area (Å²) in [6.07, 6.45) is 1.01. The summed E-state index contributed by atoms with van der Waals surface area (Å²) in [6, 6.07) is 0.189. The van der Waals surface area contributed by atoms with E-state index in [1.54, 1.807) is 0 Å². The van der Waals surface area contributed by atoms with Crippen molar-refractivity contribution < 1.29 is 34.2 Å². The number of rotatable bonds is 13. The van der Waals surface area contributed by atoms with E-state index in [0.29, 0.717) is 29.3 Å². The van der Waals surface area contributed by atoms with Gasteiger partial charge in [0.15, 0.2) is 35.9 Å². The molecule has 0 bridgehead atoms. The molecule has 16 nitrogen and oxygen atoms in total. The summed E-state index contributed by atoms with van der Waals surface area (Å²) >= 11 is 1.83. The maximum Gasteiger partial charge on any atom is 0.315 e. The molecule has 0 radical (unpaired) electrons. The molecule has 43 heavy (non-hydrogen) atoms. The Bertz CT molecular complexity index is 1310. The van der Waals surface area contributed by atoms with Gasteiger partial charge in [-0.3, -0.25) is 19.0 Å². The van der Waals surface area contributed by atoms with Gasteiger partial charge in [-0.1, -0.05) is 20.3 Å². The van der Waals surface area contributed by atoms with Gasteiger partial charge in [0.25, 0.3) is 0 Å². The zero-order valence-electron chi connectivity index (χ0n) is 24.1. The first kappa shape index (κ1) is 31.3. The van der Waals surface area contributed by atoms with Crippen molar-refractivity contribution >= 4 is 46.5 Å². The van der Waals surface area contributed by atoms with Gasteiger partial charge in [-0.15, -0.1) is 5.06 Å². The van der Waals surface area contributed by atoms with Crippen molar-refractivity contribution in [2.75, 3.05) is 24.6 Å². The predicted octanol–water partition coefficient (Wildman–Crippen LogP) is -0.366. The van der Waals surface area contributed by atoms with Gasteiger partial charge in [-0.05, 0) is 25.2 Å². The van der Waals surface area contributed by atoms with E-state index in [4.69, 9.17) is 15.3 Å². The molecule has 3 fully saturated rings. The number of urea groups is 1. The SMILES string of the molecule is CC(C)C[C@H]1OC(n2cnc3c(N)ncnc32)C(O)N(OCC(=O)CNC(=O)CCCCC2SC[C@@H]3NC(=O)N[C@H]23)C1O. The van der Waals surface area contributed by atoms with Crippen molar-refractivity contribution in [3.63, 3.8) is 0 Å². The molecular formula is C26H39N9O7S. The first-order chi connectivity index (χ1) is 20.6. The number of nitrogens with zero attached hydrogens (tertiary/aromatic N) is 5. The van der Waals surface area contributed by atoms with Crippen LogP contribution in [0, 0.1) is 5.92 Å². The lowest BCUT2D eigenvalue weighted by atomic mass is 10.0. The zero-order valence-corrected chi connectivity index (χ0v) is 24.9. The number of hydrogen-bond donors (Lipinski definition) is 6. The molecule has 2 aromatic rings. The molecule has 4 unspecified atom stereocenters. The first-order valence-corrected chi connectivity index (χ1v) is 15.5. The van der Waals surface area contributed by atoms with Gasteiger partial charge >= 0.3 is 6.03 Å². The second-order valence-electron chi connectivity index (χ2n) is 11.4. The number of imidazole rings is 1. The Hall–Kier alpha value is -3.09. The Morgan fingerprint density at radius 3 is 2.84 bits per heavy atom. The minimum atomic E-state index is -1.53. The van der Waals surface area contributed by atoms with Crippen LogP contribution in [0.5, 0.6) is 0 Å². The number of Topliss-reactive ketones (excluding diaryl/α,β-unsaturated/α-hetero) is 1. The number of ether oxygens (including phenoxy) is 1. The Morgan fingerprint density at radius 2 is 2.05 bits per heavy atom. The fraction of sp³-hybridized carbons (Fsp3) is 0.692. The number of thioether (sulfide) groups is 1. The molecule has 7 atom stereocenters. The van der Waals surface area contributed by atoms with Crippen LogP contribution >= 0.6 is 11.8 Å². The Kier molecular flexibility index (Phi) is 9.98. The molecule has 3 saturated heterocycles. The van der Waals surface area contributed by atoms with Crippen LogP contribution in [0.3, 0.4) is 0 Å². The van der Waals surface area contributed by atoms with Crippen molar-refractivity contribution in [2.24, 2.45) is 5.92 Å². The maximum atomic E-state index is 12.6. The fourth-order valence-electron chi connectivity index (χ4n) is 5.58. The normalized spacial score (nSPS) is 29.0. The number of unbranched alkanes of at least 4 members (excludes halogenated alkanes) is 1. The summed E-state index contributed by atoms with van der Waals surface area (Å²) in [5, 5.41) is 31.8. The number of fused-ring (bicyclic) bond motifs is 2. The lowest BCUT2D eigenvalue weighted by Crippen LogP contribution is -2.59. The minimum absolute atomic E-state index is 0.117. The van der Waals surface area contributed by atoms with Crippen molar-refractivity contribution in [3.8, 4) is 0 Å². The molecular weight excluding hydrogens is 582 g/mol. The second kappa shape index (κ2) is 13.7. The number of ketones is 1. The van der Waals surface area contributed by atoms with Crippen molar-refractivity contribution in [1.82, 2.24) is 40.5 Å². The van der Waals surface area contributed by atoms with E-state index in [-0.39, 0.29) is 48.7 Å². The van der Waals surface area contributed by atoms with E-state index in [1.807, 2.05) is 25.6 Å². The smallest absolute Gasteiger partial charge is 0.315 e. The van der Waals surface area contributed by atoms with E-state index in [2.05, 4.69) is 30.9 Å². The zero-order chi connectivity index (χ0) is 30.7. The average molecular weight is 622 g/mol. The third-order valence-corrected chi connectivity index (χ3v) is 9.23. The van der Waals surface area contributed by atoms with Crippen molar-refractivity contribution in [2.45, 2.75) is 88.1 Å². The second-order valence-corrected chi connectivity index (χ2v) is 12.7. The number of aliphatic hydroxyl groups is 2. The molecule has 0 aliphatic carbocycles. The summed E-state index contributed by atoms with van der Waals surface area (Å²) in [4.78, 5) is 54.4. The van der Waals surface area contributed by atoms with Gasteiger partial charge in [-0.2, -0.15) is 11.8 Å². The van der Waals surface area contributed by atoms with E-state index in [9.17, 15) is 24.6 Å². The van der Waals surface area contributed by atoms with Crippen LogP contribution in [0.2, 0.25) is 0 Å². The third-order valence-electron chi connectivity index (χ3n) is 7.73. The number of nitrogens with one attached hydrogen (secondary N) is 3. The summed E-state index contributed by atoms with van der Waals surface area (Å²) in [5.41, 5.74) is 6.55. The highest BCUT2D eigenvalue weighted by Crippen LogP contribution is 2.34. The average Bonchev–Trinajstić information content (AvgIpc) is 3.66. The topological polar surface area (TPSA) is 219 Å². The predicted molar refractivity (Wildman–Crippen MR) is 155 cm³/mol. The molecule has 2 aromatic heterocycles. The van der Waals surface area contributed by atoms with Crippen LogP contribution in [-0.2, 0) is 19.2 Å². The molecule has 3 aliphatic heterocycles. The van der Waals surface area contributed by atoms with Crippen molar-refractivity contribution in [1.29, 1.82) is 0 Å². The number of amides is 3. The number of nitrogens with two attached hydrogens (primary N) is 1. The summed E-state index contributed by atoms with van der Waals surface area (Å²) in [5.74, 6) is 0.499. The fourth-order valence-corrected chi connectivity index (χ4v) is 7.13. The largest absolute Gasteiger partial charge is 0.382 e. The number of aliphatic hydroxyl groups excluding tert-OH is 2. The van der Waals surface area contributed by atoms with Crippen LogP contribution < -0.4 is 21.7 Å². The molecule has 7 N–H and O–H groups in total.